The lowest BCUT2D eigenvalue weighted by atomic mass is 10.1. The molecule has 2 heterocycles. The molecule has 1 aromatic heterocycles. The van der Waals surface area contributed by atoms with Crippen molar-refractivity contribution in [3.05, 3.63) is 42.3 Å². The first-order valence-corrected chi connectivity index (χ1v) is 9.93. The van der Waals surface area contributed by atoms with Gasteiger partial charge in [-0.3, -0.25) is 5.43 Å². The Morgan fingerprint density at radius 2 is 2.00 bits per heavy atom. The standard InChI is InChI=1S/C17H22FN5O3S/c1-12-10-23(11-17(2,3)26-12)15-14(18)9-19-16(20-15)21-22-27(24,25)13-7-5-4-6-8-13/h4-9,12,22H,10-11H2,1-3H3,(H,19,20,21). The predicted molar refractivity (Wildman–Crippen MR) is 99.2 cm³/mol. The summed E-state index contributed by atoms with van der Waals surface area (Å²) >= 11 is 0. The number of sulfonamides is 1. The second-order valence-corrected chi connectivity index (χ2v) is 8.66. The van der Waals surface area contributed by atoms with E-state index in [2.05, 4.69) is 20.2 Å². The van der Waals surface area contributed by atoms with Gasteiger partial charge in [0.05, 0.1) is 22.8 Å². The lowest BCUT2D eigenvalue weighted by Gasteiger charge is -2.42. The number of rotatable bonds is 5. The smallest absolute Gasteiger partial charge is 0.257 e. The number of nitrogens with zero attached hydrogens (tertiary/aromatic N) is 3. The summed E-state index contributed by atoms with van der Waals surface area (Å²) in [6.07, 6.45) is 0.908. The summed E-state index contributed by atoms with van der Waals surface area (Å²) in [4.78, 5) is 12.0. The number of ether oxygens (including phenoxy) is 1. The van der Waals surface area contributed by atoms with Gasteiger partial charge in [-0.2, -0.15) is 4.98 Å². The molecule has 2 N–H and O–H groups in total. The second-order valence-electron chi connectivity index (χ2n) is 6.98. The van der Waals surface area contributed by atoms with Crippen LogP contribution in [0.15, 0.2) is 41.4 Å². The minimum atomic E-state index is -3.80. The van der Waals surface area contributed by atoms with Gasteiger partial charge >= 0.3 is 0 Å². The molecule has 1 aromatic carbocycles. The summed E-state index contributed by atoms with van der Waals surface area (Å²) in [6, 6.07) is 7.85. The van der Waals surface area contributed by atoms with Crippen LogP contribution in [0.5, 0.6) is 0 Å². The van der Waals surface area contributed by atoms with E-state index in [1.54, 1.807) is 23.1 Å². The van der Waals surface area contributed by atoms with Gasteiger partial charge in [0.2, 0.25) is 5.95 Å². The monoisotopic (exact) mass is 395 g/mol. The molecule has 8 nitrogen and oxygen atoms in total. The van der Waals surface area contributed by atoms with E-state index in [1.165, 1.54) is 12.1 Å². The Morgan fingerprint density at radius 1 is 1.30 bits per heavy atom. The first-order chi connectivity index (χ1) is 12.7. The molecule has 1 atom stereocenters. The molecule has 1 aliphatic heterocycles. The maximum absolute atomic E-state index is 14.3. The first-order valence-electron chi connectivity index (χ1n) is 8.44. The van der Waals surface area contributed by atoms with Crippen molar-refractivity contribution in [2.24, 2.45) is 0 Å². The van der Waals surface area contributed by atoms with E-state index >= 15 is 0 Å². The first kappa shape index (κ1) is 19.5. The number of aromatic nitrogens is 2. The number of nitrogens with one attached hydrogen (secondary N) is 2. The van der Waals surface area contributed by atoms with Crippen molar-refractivity contribution in [2.45, 2.75) is 37.4 Å². The number of morpholine rings is 1. The fourth-order valence-corrected chi connectivity index (χ4v) is 3.89. The topological polar surface area (TPSA) is 96.5 Å². The van der Waals surface area contributed by atoms with E-state index in [9.17, 15) is 12.8 Å². The molecule has 0 bridgehead atoms. The fraction of sp³-hybridized carbons (Fsp3) is 0.412. The van der Waals surface area contributed by atoms with Gasteiger partial charge < -0.3 is 9.64 Å². The highest BCUT2D eigenvalue weighted by molar-refractivity contribution is 7.89. The second kappa shape index (κ2) is 7.37. The Morgan fingerprint density at radius 3 is 2.67 bits per heavy atom. The average Bonchev–Trinajstić information content (AvgIpc) is 2.60. The predicted octanol–water partition coefficient (Wildman–Crippen LogP) is 1.92. The molecule has 0 amide bonds. The van der Waals surface area contributed by atoms with E-state index in [1.807, 2.05) is 20.8 Å². The number of hydrazine groups is 1. The lowest BCUT2D eigenvalue weighted by Crippen LogP contribution is -2.52. The summed E-state index contributed by atoms with van der Waals surface area (Å²) in [5.41, 5.74) is 1.98. The Hall–Kier alpha value is -2.30. The molecular formula is C17H22FN5O3S. The Bertz CT molecular complexity index is 908. The van der Waals surface area contributed by atoms with Gasteiger partial charge in [-0.15, -0.1) is 4.83 Å². The van der Waals surface area contributed by atoms with E-state index in [-0.39, 0.29) is 22.8 Å². The van der Waals surface area contributed by atoms with Gasteiger partial charge in [0.15, 0.2) is 11.6 Å². The highest BCUT2D eigenvalue weighted by atomic mass is 32.2. The van der Waals surface area contributed by atoms with Crippen LogP contribution >= 0.6 is 0 Å². The van der Waals surface area contributed by atoms with Gasteiger partial charge in [-0.05, 0) is 32.9 Å². The normalized spacial score (nSPS) is 19.7. The minimum absolute atomic E-state index is 0.0529. The third kappa shape index (κ3) is 4.71. The third-order valence-electron chi connectivity index (χ3n) is 3.95. The molecule has 2 aromatic rings. The molecule has 0 radical (unpaired) electrons. The number of benzene rings is 1. The summed E-state index contributed by atoms with van der Waals surface area (Å²) in [5.74, 6) is -0.547. The van der Waals surface area contributed by atoms with Crippen molar-refractivity contribution >= 4 is 21.8 Å². The van der Waals surface area contributed by atoms with Gasteiger partial charge in [-0.25, -0.2) is 17.8 Å². The SMILES string of the molecule is CC1CN(c2nc(NNS(=O)(=O)c3ccccc3)ncc2F)CC(C)(C)O1. The molecule has 1 fully saturated rings. The molecule has 3 rings (SSSR count). The molecule has 146 valence electrons. The fourth-order valence-electron chi connectivity index (χ4n) is 3.03. The molecule has 0 spiro atoms. The third-order valence-corrected chi connectivity index (χ3v) is 5.21. The molecule has 1 saturated heterocycles. The van der Waals surface area contributed by atoms with Crippen LogP contribution in [-0.2, 0) is 14.8 Å². The Balaban J connectivity index is 1.78. The average molecular weight is 395 g/mol. The Kier molecular flexibility index (Phi) is 5.31. The highest BCUT2D eigenvalue weighted by Crippen LogP contribution is 2.26. The number of hydrogen-bond donors (Lipinski definition) is 2. The highest BCUT2D eigenvalue weighted by Gasteiger charge is 2.33. The molecule has 10 heteroatoms. The summed E-state index contributed by atoms with van der Waals surface area (Å²) in [7, 11) is -3.80. The summed E-state index contributed by atoms with van der Waals surface area (Å²) in [5, 5.41) is 0. The molecule has 1 unspecified atom stereocenters. The molecule has 1 aliphatic rings. The van der Waals surface area contributed by atoms with Crippen LogP contribution in [0.1, 0.15) is 20.8 Å². The molecule has 0 aliphatic carbocycles. The Labute approximate surface area is 157 Å². The number of halogens is 1. The van der Waals surface area contributed by atoms with Crippen molar-refractivity contribution in [3.8, 4) is 0 Å². The molecule has 27 heavy (non-hydrogen) atoms. The van der Waals surface area contributed by atoms with Gasteiger partial charge in [0, 0.05) is 13.1 Å². The van der Waals surface area contributed by atoms with E-state index in [0.29, 0.717) is 13.1 Å². The quantitative estimate of drug-likeness (QED) is 0.747. The van der Waals surface area contributed by atoms with Gasteiger partial charge in [0.25, 0.3) is 10.0 Å². The summed E-state index contributed by atoms with van der Waals surface area (Å²) < 4.78 is 44.6. The summed E-state index contributed by atoms with van der Waals surface area (Å²) in [6.45, 7) is 6.65. The van der Waals surface area contributed by atoms with Crippen LogP contribution in [-0.4, -0.2) is 43.2 Å². The zero-order chi connectivity index (χ0) is 19.7. The van der Waals surface area contributed by atoms with E-state index in [4.69, 9.17) is 4.74 Å². The van der Waals surface area contributed by atoms with Crippen LogP contribution in [0.3, 0.4) is 0 Å². The van der Waals surface area contributed by atoms with Gasteiger partial charge in [0.1, 0.15) is 0 Å². The number of anilines is 2. The van der Waals surface area contributed by atoms with Crippen molar-refractivity contribution < 1.29 is 17.5 Å². The maximum Gasteiger partial charge on any atom is 0.257 e. The number of hydrogen-bond acceptors (Lipinski definition) is 7. The van der Waals surface area contributed by atoms with Gasteiger partial charge in [-0.1, -0.05) is 18.2 Å². The van der Waals surface area contributed by atoms with Crippen LogP contribution in [0.4, 0.5) is 16.2 Å². The zero-order valence-electron chi connectivity index (χ0n) is 15.3. The maximum atomic E-state index is 14.3. The van der Waals surface area contributed by atoms with Crippen LogP contribution < -0.4 is 15.2 Å². The zero-order valence-corrected chi connectivity index (χ0v) is 16.1. The lowest BCUT2D eigenvalue weighted by molar-refractivity contribution is -0.0753. The molecule has 0 saturated carbocycles. The van der Waals surface area contributed by atoms with Crippen LogP contribution in [0, 0.1) is 5.82 Å². The van der Waals surface area contributed by atoms with Crippen molar-refractivity contribution in [1.29, 1.82) is 0 Å². The van der Waals surface area contributed by atoms with Crippen molar-refractivity contribution in [2.75, 3.05) is 23.4 Å². The molecular weight excluding hydrogens is 373 g/mol. The van der Waals surface area contributed by atoms with E-state index < -0.39 is 21.4 Å². The van der Waals surface area contributed by atoms with Crippen molar-refractivity contribution in [1.82, 2.24) is 14.8 Å². The van der Waals surface area contributed by atoms with Crippen LogP contribution in [0.2, 0.25) is 0 Å². The van der Waals surface area contributed by atoms with E-state index in [0.717, 1.165) is 6.20 Å². The minimum Gasteiger partial charge on any atom is -0.369 e. The largest absolute Gasteiger partial charge is 0.369 e. The van der Waals surface area contributed by atoms with Crippen LogP contribution in [0.25, 0.3) is 0 Å². The van der Waals surface area contributed by atoms with Crippen molar-refractivity contribution in [3.63, 3.8) is 0 Å².